The lowest BCUT2D eigenvalue weighted by Gasteiger charge is -1.99. The van der Waals surface area contributed by atoms with Crippen molar-refractivity contribution in [2.45, 2.75) is 19.4 Å². The Morgan fingerprint density at radius 2 is 2.27 bits per heavy atom. The Bertz CT molecular complexity index is 563. The third-order valence-electron chi connectivity index (χ3n) is 2.83. The number of hydrogen-bond acceptors (Lipinski definition) is 3. The molecule has 0 amide bonds. The molecule has 78 valence electrons. The molecule has 2 aromatic rings. The van der Waals surface area contributed by atoms with Crippen LogP contribution in [0.2, 0.25) is 0 Å². The van der Waals surface area contributed by atoms with Crippen LogP contribution in [-0.2, 0) is 6.54 Å². The highest BCUT2D eigenvalue weighted by Crippen LogP contribution is 2.31. The average Bonchev–Trinajstić information content (AvgIpc) is 2.96. The van der Waals surface area contributed by atoms with Gasteiger partial charge in [0, 0.05) is 12.2 Å². The van der Waals surface area contributed by atoms with Gasteiger partial charge in [-0.1, -0.05) is 0 Å². The van der Waals surface area contributed by atoms with Crippen LogP contribution in [0.15, 0.2) is 27.4 Å². The van der Waals surface area contributed by atoms with Gasteiger partial charge in [-0.3, -0.25) is 4.57 Å². The number of nitrogens with zero attached hydrogens (tertiary/aromatic N) is 1. The second-order valence-corrected chi connectivity index (χ2v) is 4.15. The zero-order valence-electron chi connectivity index (χ0n) is 8.27. The van der Waals surface area contributed by atoms with E-state index in [2.05, 4.69) is 0 Å². The molecular weight excluding hydrogens is 192 g/mol. The summed E-state index contributed by atoms with van der Waals surface area (Å²) in [5.74, 6) is 0.368. The molecule has 2 N–H and O–H groups in total. The van der Waals surface area contributed by atoms with Crippen LogP contribution >= 0.6 is 0 Å². The highest BCUT2D eigenvalue weighted by Gasteiger charge is 2.24. The van der Waals surface area contributed by atoms with Crippen molar-refractivity contribution < 1.29 is 4.42 Å². The lowest BCUT2D eigenvalue weighted by Crippen LogP contribution is -2.15. The second-order valence-electron chi connectivity index (χ2n) is 4.15. The van der Waals surface area contributed by atoms with E-state index >= 15 is 0 Å². The molecule has 0 aliphatic heterocycles. The van der Waals surface area contributed by atoms with Crippen molar-refractivity contribution in [3.8, 4) is 0 Å². The minimum Gasteiger partial charge on any atom is -0.408 e. The summed E-state index contributed by atoms with van der Waals surface area (Å²) in [5.41, 5.74) is 7.78. The third kappa shape index (κ3) is 1.42. The molecule has 1 heterocycles. The summed E-state index contributed by atoms with van der Waals surface area (Å²) in [6, 6.07) is 5.28. The number of hydrogen-bond donors (Lipinski definition) is 1. The van der Waals surface area contributed by atoms with Gasteiger partial charge in [-0.15, -0.1) is 0 Å². The number of nitrogens with two attached hydrogens (primary N) is 1. The van der Waals surface area contributed by atoms with E-state index in [4.69, 9.17) is 10.2 Å². The Labute approximate surface area is 86.3 Å². The molecule has 1 fully saturated rings. The Balaban J connectivity index is 2.20. The van der Waals surface area contributed by atoms with Crippen LogP contribution in [0, 0.1) is 5.92 Å². The van der Waals surface area contributed by atoms with Crippen molar-refractivity contribution in [1.29, 1.82) is 0 Å². The number of fused-ring (bicyclic) bond motifs is 1. The summed E-state index contributed by atoms with van der Waals surface area (Å²) >= 11 is 0. The van der Waals surface area contributed by atoms with Gasteiger partial charge in [0.1, 0.15) is 0 Å². The number of rotatable bonds is 2. The Morgan fingerprint density at radius 3 is 3.00 bits per heavy atom. The van der Waals surface area contributed by atoms with E-state index in [1.165, 1.54) is 12.8 Å². The van der Waals surface area contributed by atoms with Crippen molar-refractivity contribution in [2.24, 2.45) is 5.92 Å². The Morgan fingerprint density at radius 1 is 1.47 bits per heavy atom. The Hall–Kier alpha value is -1.71. The maximum absolute atomic E-state index is 11.6. The van der Waals surface area contributed by atoms with Crippen molar-refractivity contribution in [2.75, 3.05) is 5.73 Å². The molecule has 1 aromatic heterocycles. The average molecular weight is 204 g/mol. The normalized spacial score (nSPS) is 16.0. The van der Waals surface area contributed by atoms with Crippen LogP contribution in [0.1, 0.15) is 12.8 Å². The molecule has 0 spiro atoms. The van der Waals surface area contributed by atoms with Gasteiger partial charge in [0.25, 0.3) is 0 Å². The molecule has 1 aromatic carbocycles. The van der Waals surface area contributed by atoms with Crippen LogP contribution in [0.25, 0.3) is 11.1 Å². The van der Waals surface area contributed by atoms with E-state index in [0.717, 1.165) is 12.1 Å². The first-order chi connectivity index (χ1) is 7.24. The van der Waals surface area contributed by atoms with Crippen molar-refractivity contribution in [3.63, 3.8) is 0 Å². The molecule has 1 aliphatic carbocycles. The number of nitrogen functional groups attached to an aromatic ring is 1. The molecule has 0 unspecified atom stereocenters. The lowest BCUT2D eigenvalue weighted by molar-refractivity contribution is 0.492. The van der Waals surface area contributed by atoms with E-state index in [0.29, 0.717) is 17.2 Å². The molecule has 4 nitrogen and oxygen atoms in total. The minimum absolute atomic E-state index is 0.275. The van der Waals surface area contributed by atoms with Gasteiger partial charge in [0.2, 0.25) is 0 Å². The maximum Gasteiger partial charge on any atom is 0.419 e. The number of aromatic nitrogens is 1. The zero-order valence-corrected chi connectivity index (χ0v) is 8.27. The molecule has 0 radical (unpaired) electrons. The summed E-state index contributed by atoms with van der Waals surface area (Å²) in [7, 11) is 0. The maximum atomic E-state index is 11.6. The summed E-state index contributed by atoms with van der Waals surface area (Å²) in [5, 5.41) is 0. The van der Waals surface area contributed by atoms with Gasteiger partial charge in [-0.2, -0.15) is 0 Å². The predicted octanol–water partition coefficient (Wildman–Crippen LogP) is 1.59. The highest BCUT2D eigenvalue weighted by molar-refractivity contribution is 5.76. The molecule has 1 aliphatic rings. The fraction of sp³-hybridized carbons (Fsp3) is 0.364. The number of benzene rings is 1. The number of anilines is 1. The van der Waals surface area contributed by atoms with Crippen molar-refractivity contribution >= 4 is 16.8 Å². The van der Waals surface area contributed by atoms with Gasteiger partial charge in [-0.05, 0) is 37.0 Å². The number of oxazole rings is 1. The van der Waals surface area contributed by atoms with Crippen molar-refractivity contribution in [1.82, 2.24) is 4.57 Å². The zero-order chi connectivity index (χ0) is 10.4. The van der Waals surface area contributed by atoms with Crippen LogP contribution in [0.4, 0.5) is 5.69 Å². The highest BCUT2D eigenvalue weighted by atomic mass is 16.4. The quantitative estimate of drug-likeness (QED) is 0.755. The predicted molar refractivity (Wildman–Crippen MR) is 57.6 cm³/mol. The van der Waals surface area contributed by atoms with Gasteiger partial charge in [0.05, 0.1) is 5.52 Å². The van der Waals surface area contributed by atoms with E-state index in [-0.39, 0.29) is 5.76 Å². The largest absolute Gasteiger partial charge is 0.419 e. The summed E-state index contributed by atoms with van der Waals surface area (Å²) in [6.45, 7) is 0.759. The second kappa shape index (κ2) is 2.89. The van der Waals surface area contributed by atoms with Crippen LogP contribution in [0.3, 0.4) is 0 Å². The summed E-state index contributed by atoms with van der Waals surface area (Å²) in [4.78, 5) is 11.6. The fourth-order valence-electron chi connectivity index (χ4n) is 1.81. The molecule has 1 saturated carbocycles. The monoisotopic (exact) mass is 204 g/mol. The Kier molecular flexibility index (Phi) is 1.65. The first-order valence-electron chi connectivity index (χ1n) is 5.13. The summed E-state index contributed by atoms with van der Waals surface area (Å²) in [6.07, 6.45) is 2.42. The van der Waals surface area contributed by atoms with Gasteiger partial charge < -0.3 is 10.2 Å². The van der Waals surface area contributed by atoms with Crippen LogP contribution in [0.5, 0.6) is 0 Å². The lowest BCUT2D eigenvalue weighted by atomic mass is 10.3. The molecular formula is C11H12N2O2. The van der Waals surface area contributed by atoms with E-state index < -0.39 is 0 Å². The van der Waals surface area contributed by atoms with E-state index in [9.17, 15) is 4.79 Å². The van der Waals surface area contributed by atoms with E-state index in [1.807, 2.05) is 0 Å². The molecule has 0 saturated heterocycles. The van der Waals surface area contributed by atoms with Gasteiger partial charge in [0.15, 0.2) is 5.58 Å². The first-order valence-corrected chi connectivity index (χ1v) is 5.13. The standard InChI is InChI=1S/C11H12N2O2/c12-8-3-4-10-9(5-8)13(11(14)15-10)6-7-1-2-7/h3-5,7H,1-2,6,12H2. The molecule has 15 heavy (non-hydrogen) atoms. The fourth-order valence-corrected chi connectivity index (χ4v) is 1.81. The molecule has 0 atom stereocenters. The van der Waals surface area contributed by atoms with Crippen LogP contribution < -0.4 is 11.5 Å². The van der Waals surface area contributed by atoms with Crippen molar-refractivity contribution in [3.05, 3.63) is 28.7 Å². The summed E-state index contributed by atoms with van der Waals surface area (Å²) < 4.78 is 6.82. The minimum atomic E-state index is -0.275. The van der Waals surface area contributed by atoms with E-state index in [1.54, 1.807) is 22.8 Å². The molecule has 3 rings (SSSR count). The van der Waals surface area contributed by atoms with Gasteiger partial charge >= 0.3 is 5.76 Å². The third-order valence-corrected chi connectivity index (χ3v) is 2.83. The smallest absolute Gasteiger partial charge is 0.408 e. The molecule has 0 bridgehead atoms. The molecule has 4 heteroatoms. The van der Waals surface area contributed by atoms with Crippen LogP contribution in [-0.4, -0.2) is 4.57 Å². The topological polar surface area (TPSA) is 61.2 Å². The first kappa shape index (κ1) is 8.59. The SMILES string of the molecule is Nc1ccc2oc(=O)n(CC3CC3)c2c1. The van der Waals surface area contributed by atoms with Gasteiger partial charge in [-0.25, -0.2) is 4.79 Å².